The van der Waals surface area contributed by atoms with Crippen molar-refractivity contribution in [2.24, 2.45) is 7.05 Å². The van der Waals surface area contributed by atoms with E-state index in [0.717, 1.165) is 24.0 Å². The van der Waals surface area contributed by atoms with Gasteiger partial charge >= 0.3 is 0 Å². The van der Waals surface area contributed by atoms with Gasteiger partial charge in [0.1, 0.15) is 18.2 Å². The highest BCUT2D eigenvalue weighted by molar-refractivity contribution is 7.17. The van der Waals surface area contributed by atoms with Gasteiger partial charge in [0.15, 0.2) is 18.4 Å². The second kappa shape index (κ2) is 10.3. The van der Waals surface area contributed by atoms with Gasteiger partial charge in [0.05, 0.1) is 11.5 Å². The summed E-state index contributed by atoms with van der Waals surface area (Å²) in [6.45, 7) is 10.9. The zero-order valence-corrected chi connectivity index (χ0v) is 26.5. The number of fused-ring (bicyclic) bond motifs is 7. The number of aromatic nitrogens is 2. The maximum Gasteiger partial charge on any atom is 0.216 e. The monoisotopic (exact) mass is 592 g/mol. The summed E-state index contributed by atoms with van der Waals surface area (Å²) in [7, 11) is 2.16. The largest absolute Gasteiger partial charge is 0.455 e. The van der Waals surface area contributed by atoms with Crippen LogP contribution in [0.3, 0.4) is 0 Å². The molecule has 0 spiro atoms. The molecule has 8 rings (SSSR count). The molecule has 0 radical (unpaired) electrons. The minimum Gasteiger partial charge on any atom is -0.455 e. The smallest absolute Gasteiger partial charge is 0.216 e. The molecule has 0 saturated heterocycles. The molecule has 4 heteroatoms. The number of benzene rings is 3. The Hall–Kier alpha value is -4.54. The number of hydrogen-bond donors (Lipinski definition) is 0. The lowest BCUT2D eigenvalue weighted by Gasteiger charge is -2.29. The third-order valence-corrected chi connectivity index (χ3v) is 10.6. The number of hydrogen-bond acceptors (Lipinski definition) is 2. The topological polar surface area (TPSA) is 20.9 Å². The first kappa shape index (κ1) is 27.0. The Morgan fingerprint density at radius 3 is 2.61 bits per heavy atom. The fourth-order valence-corrected chi connectivity index (χ4v) is 8.22. The highest BCUT2D eigenvalue weighted by atomic mass is 32.1. The summed E-state index contributed by atoms with van der Waals surface area (Å²) in [4.78, 5) is 0. The molecule has 0 amide bonds. The molecular weight excluding hydrogens is 557 g/mol. The minimum atomic E-state index is 0.184. The molecule has 0 bridgehead atoms. The number of pyridine rings is 2. The molecule has 1 aliphatic heterocycles. The van der Waals surface area contributed by atoms with E-state index in [4.69, 9.17) is 4.42 Å². The summed E-state index contributed by atoms with van der Waals surface area (Å²) in [5, 5.41) is 5.76. The predicted molar refractivity (Wildman–Crippen MR) is 182 cm³/mol. The van der Waals surface area contributed by atoms with Crippen molar-refractivity contribution in [3.8, 4) is 22.5 Å². The standard InChI is InChI=1S/C40H36N2OS/c1-6-34-31(29-9-7-8-10-30(29)35-16-11-24(2)22-42(34)35)14-12-27-13-15-32-33-21-38-28(17-18-44-38)20-37(33)43-40(32)39(27)36-19-25(3)26(4)23-41(36)5/h6-11,13,15-23,31,34H,1,12,14H2,2-5H3/q+2. The number of allylic oxidation sites excluding steroid dienone is 1. The molecule has 0 fully saturated rings. The van der Waals surface area contributed by atoms with Crippen molar-refractivity contribution in [2.45, 2.75) is 45.6 Å². The van der Waals surface area contributed by atoms with E-state index in [1.807, 2.05) is 0 Å². The first-order chi connectivity index (χ1) is 21.4. The molecule has 3 aromatic carbocycles. The highest BCUT2D eigenvalue weighted by Gasteiger charge is 2.38. The lowest BCUT2D eigenvalue weighted by molar-refractivity contribution is -0.707. The second-order valence-corrected chi connectivity index (χ2v) is 13.4. The van der Waals surface area contributed by atoms with E-state index >= 15 is 0 Å². The van der Waals surface area contributed by atoms with Crippen LogP contribution in [0.25, 0.3) is 54.5 Å². The molecule has 4 aromatic heterocycles. The summed E-state index contributed by atoms with van der Waals surface area (Å²) in [6.07, 6.45) is 8.59. The van der Waals surface area contributed by atoms with Gasteiger partial charge in [-0.25, -0.2) is 4.57 Å². The molecule has 0 N–H and O–H groups in total. The Labute approximate surface area is 262 Å². The lowest BCUT2D eigenvalue weighted by atomic mass is 9.79. The zero-order chi connectivity index (χ0) is 30.1. The summed E-state index contributed by atoms with van der Waals surface area (Å²) in [5.74, 6) is 0.308. The van der Waals surface area contributed by atoms with Crippen LogP contribution in [0, 0.1) is 20.8 Å². The van der Waals surface area contributed by atoms with Gasteiger partial charge in [-0.05, 0) is 97.5 Å². The summed E-state index contributed by atoms with van der Waals surface area (Å²) in [6, 6.07) is 27.2. The SMILES string of the molecule is C=CC1C(CCc2ccc3c(oc4cc5ccsc5cc43)c2-c2cc(C)c(C)c[n+]2C)c2ccccc2-c2ccc(C)c[n+]21. The number of furan rings is 1. The Balaban J connectivity index is 1.29. The van der Waals surface area contributed by atoms with Gasteiger partial charge in [0.25, 0.3) is 0 Å². The molecule has 0 saturated carbocycles. The van der Waals surface area contributed by atoms with Gasteiger partial charge in [-0.3, -0.25) is 0 Å². The van der Waals surface area contributed by atoms with Crippen molar-refractivity contribution in [3.63, 3.8) is 0 Å². The summed E-state index contributed by atoms with van der Waals surface area (Å²) in [5.41, 5.74) is 13.5. The average Bonchev–Trinajstić information content (AvgIpc) is 3.63. The maximum atomic E-state index is 6.80. The molecule has 44 heavy (non-hydrogen) atoms. The molecule has 216 valence electrons. The van der Waals surface area contributed by atoms with Crippen molar-refractivity contribution in [1.82, 2.24) is 0 Å². The van der Waals surface area contributed by atoms with E-state index in [2.05, 4.69) is 140 Å². The van der Waals surface area contributed by atoms with E-state index in [-0.39, 0.29) is 6.04 Å². The third kappa shape index (κ3) is 4.16. The Kier molecular flexibility index (Phi) is 6.32. The second-order valence-electron chi connectivity index (χ2n) is 12.5. The molecule has 3 nitrogen and oxygen atoms in total. The van der Waals surface area contributed by atoms with E-state index < -0.39 is 0 Å². The van der Waals surface area contributed by atoms with Crippen LogP contribution in [0.1, 0.15) is 46.2 Å². The molecule has 2 atom stereocenters. The first-order valence-electron chi connectivity index (χ1n) is 15.5. The number of nitrogens with zero attached hydrogens (tertiary/aromatic N) is 2. The normalized spacial score (nSPS) is 16.0. The van der Waals surface area contributed by atoms with Crippen LogP contribution in [0.2, 0.25) is 0 Å². The maximum absolute atomic E-state index is 6.80. The molecule has 0 aliphatic carbocycles. The molecular formula is C40H36N2OS+2. The van der Waals surface area contributed by atoms with Crippen LogP contribution in [0.15, 0.2) is 108 Å². The van der Waals surface area contributed by atoms with Crippen LogP contribution >= 0.6 is 11.3 Å². The van der Waals surface area contributed by atoms with Crippen LogP contribution in [0.4, 0.5) is 0 Å². The Morgan fingerprint density at radius 1 is 0.886 bits per heavy atom. The van der Waals surface area contributed by atoms with Crippen molar-refractivity contribution in [1.29, 1.82) is 0 Å². The fraction of sp³-hybridized carbons (Fsp3) is 0.200. The van der Waals surface area contributed by atoms with Crippen molar-refractivity contribution < 1.29 is 13.6 Å². The van der Waals surface area contributed by atoms with Crippen LogP contribution in [-0.4, -0.2) is 0 Å². The average molecular weight is 593 g/mol. The first-order valence-corrected chi connectivity index (χ1v) is 16.4. The fourth-order valence-electron chi connectivity index (χ4n) is 7.41. The van der Waals surface area contributed by atoms with Crippen LogP contribution < -0.4 is 9.13 Å². The summed E-state index contributed by atoms with van der Waals surface area (Å²) >= 11 is 1.78. The van der Waals surface area contributed by atoms with Crippen molar-refractivity contribution in [3.05, 3.63) is 131 Å². The molecule has 1 aliphatic rings. The van der Waals surface area contributed by atoms with Gasteiger partial charge in [0, 0.05) is 44.3 Å². The van der Waals surface area contributed by atoms with E-state index in [0.29, 0.717) is 5.92 Å². The summed E-state index contributed by atoms with van der Waals surface area (Å²) < 4.78 is 12.8. The molecule has 5 heterocycles. The van der Waals surface area contributed by atoms with Crippen LogP contribution in [0.5, 0.6) is 0 Å². The van der Waals surface area contributed by atoms with Crippen molar-refractivity contribution in [2.75, 3.05) is 0 Å². The van der Waals surface area contributed by atoms with E-state index in [1.54, 1.807) is 11.3 Å². The zero-order valence-electron chi connectivity index (χ0n) is 25.7. The van der Waals surface area contributed by atoms with Gasteiger partial charge in [-0.2, -0.15) is 4.57 Å². The quantitative estimate of drug-likeness (QED) is 0.144. The number of thiophene rings is 1. The molecule has 2 unspecified atom stereocenters. The predicted octanol–water partition coefficient (Wildman–Crippen LogP) is 9.63. The Bertz CT molecular complexity index is 2270. The third-order valence-electron chi connectivity index (χ3n) is 9.76. The minimum absolute atomic E-state index is 0.184. The van der Waals surface area contributed by atoms with E-state index in [1.165, 1.54) is 71.2 Å². The van der Waals surface area contributed by atoms with Crippen molar-refractivity contribution >= 4 is 43.4 Å². The van der Waals surface area contributed by atoms with Gasteiger partial charge in [-0.15, -0.1) is 11.3 Å². The van der Waals surface area contributed by atoms with E-state index in [9.17, 15) is 0 Å². The Morgan fingerprint density at radius 2 is 1.75 bits per heavy atom. The number of rotatable bonds is 5. The highest BCUT2D eigenvalue weighted by Crippen LogP contribution is 2.44. The van der Waals surface area contributed by atoms with Crippen LogP contribution in [-0.2, 0) is 13.5 Å². The van der Waals surface area contributed by atoms with Gasteiger partial charge in [0.2, 0.25) is 11.4 Å². The molecule has 7 aromatic rings. The van der Waals surface area contributed by atoms with Gasteiger partial charge in [-0.1, -0.05) is 36.9 Å². The lowest BCUT2D eigenvalue weighted by Crippen LogP contribution is -2.46. The number of aryl methyl sites for hydroxylation is 5. The van der Waals surface area contributed by atoms with Gasteiger partial charge < -0.3 is 4.42 Å².